The highest BCUT2D eigenvalue weighted by Gasteiger charge is 2.36. The van der Waals surface area contributed by atoms with E-state index in [4.69, 9.17) is 4.74 Å². The number of amides is 1. The second-order valence-corrected chi connectivity index (χ2v) is 5.55. The summed E-state index contributed by atoms with van der Waals surface area (Å²) in [7, 11) is 1.42. The molecule has 1 aliphatic carbocycles. The van der Waals surface area contributed by atoms with Crippen molar-refractivity contribution in [2.75, 3.05) is 33.3 Å². The summed E-state index contributed by atoms with van der Waals surface area (Å²) in [5, 5.41) is 2.95. The van der Waals surface area contributed by atoms with Crippen LogP contribution in [0.1, 0.15) is 19.8 Å². The first kappa shape index (κ1) is 13.3. The van der Waals surface area contributed by atoms with Gasteiger partial charge < -0.3 is 10.1 Å². The van der Waals surface area contributed by atoms with Crippen LogP contribution in [0.25, 0.3) is 0 Å². The van der Waals surface area contributed by atoms with E-state index < -0.39 is 0 Å². The van der Waals surface area contributed by atoms with Crippen molar-refractivity contribution in [3.05, 3.63) is 0 Å². The van der Waals surface area contributed by atoms with Gasteiger partial charge in [0.1, 0.15) is 0 Å². The van der Waals surface area contributed by atoms with E-state index in [0.717, 1.165) is 13.1 Å². The lowest BCUT2D eigenvalue weighted by Crippen LogP contribution is -2.37. The fourth-order valence-corrected chi connectivity index (χ4v) is 2.49. The maximum Gasteiger partial charge on any atom is 0.310 e. The average Bonchev–Trinajstić information content (AvgIpc) is 3.10. The van der Waals surface area contributed by atoms with Gasteiger partial charge in [-0.2, -0.15) is 0 Å². The Labute approximate surface area is 108 Å². The fourth-order valence-electron chi connectivity index (χ4n) is 2.49. The molecular formula is C13H22N2O3. The van der Waals surface area contributed by atoms with Crippen LogP contribution in [-0.2, 0) is 14.3 Å². The van der Waals surface area contributed by atoms with Crippen LogP contribution in [0.2, 0.25) is 0 Å². The smallest absolute Gasteiger partial charge is 0.310 e. The molecule has 5 heteroatoms. The molecule has 1 amide bonds. The Morgan fingerprint density at radius 3 is 2.67 bits per heavy atom. The second kappa shape index (κ2) is 5.69. The minimum atomic E-state index is -0.164. The van der Waals surface area contributed by atoms with Gasteiger partial charge in [0.05, 0.1) is 19.6 Å². The predicted molar refractivity (Wildman–Crippen MR) is 66.8 cm³/mol. The number of nitrogens with zero attached hydrogens (tertiary/aromatic N) is 1. The Kier molecular flexibility index (Phi) is 4.22. The molecule has 18 heavy (non-hydrogen) atoms. The number of hydrogen-bond donors (Lipinski definition) is 1. The number of nitrogens with one attached hydrogen (secondary N) is 1. The van der Waals surface area contributed by atoms with Gasteiger partial charge >= 0.3 is 5.97 Å². The third-order valence-electron chi connectivity index (χ3n) is 3.84. The number of hydrogen-bond acceptors (Lipinski definition) is 4. The monoisotopic (exact) mass is 254 g/mol. The zero-order valence-electron chi connectivity index (χ0n) is 11.1. The summed E-state index contributed by atoms with van der Waals surface area (Å²) >= 11 is 0. The molecule has 102 valence electrons. The van der Waals surface area contributed by atoms with Crippen LogP contribution < -0.4 is 5.32 Å². The quantitative estimate of drug-likeness (QED) is 0.715. The van der Waals surface area contributed by atoms with E-state index in [-0.39, 0.29) is 23.7 Å². The lowest BCUT2D eigenvalue weighted by Gasteiger charge is -2.14. The third kappa shape index (κ3) is 3.45. The lowest BCUT2D eigenvalue weighted by atomic mass is 9.99. The Hall–Kier alpha value is -1.10. The number of carbonyl (C=O) groups is 2. The van der Waals surface area contributed by atoms with Gasteiger partial charge in [0.2, 0.25) is 5.91 Å². The molecule has 5 nitrogen and oxygen atoms in total. The van der Waals surface area contributed by atoms with Crippen molar-refractivity contribution in [3.63, 3.8) is 0 Å². The fraction of sp³-hybridized carbons (Fsp3) is 0.846. The normalized spacial score (nSPS) is 28.1. The van der Waals surface area contributed by atoms with E-state index in [1.165, 1.54) is 20.0 Å². The topological polar surface area (TPSA) is 58.6 Å². The summed E-state index contributed by atoms with van der Waals surface area (Å²) in [6, 6.07) is 0. The van der Waals surface area contributed by atoms with Crippen molar-refractivity contribution >= 4 is 11.9 Å². The van der Waals surface area contributed by atoms with Crippen LogP contribution in [0, 0.1) is 17.8 Å². The SMILES string of the molecule is COC(=O)C1CN(CC(=O)NCC2CC2)CC1C. The molecule has 2 aliphatic rings. The summed E-state index contributed by atoms with van der Waals surface area (Å²) in [6.07, 6.45) is 2.48. The van der Waals surface area contributed by atoms with Gasteiger partial charge in [0.15, 0.2) is 0 Å². The van der Waals surface area contributed by atoms with Gasteiger partial charge in [-0.3, -0.25) is 14.5 Å². The average molecular weight is 254 g/mol. The first-order valence-corrected chi connectivity index (χ1v) is 6.67. The lowest BCUT2D eigenvalue weighted by molar-refractivity contribution is -0.146. The van der Waals surface area contributed by atoms with E-state index in [2.05, 4.69) is 5.32 Å². The first-order chi connectivity index (χ1) is 8.60. The first-order valence-electron chi connectivity index (χ1n) is 6.67. The highest BCUT2D eigenvalue weighted by molar-refractivity contribution is 5.78. The molecule has 1 saturated heterocycles. The molecular weight excluding hydrogens is 232 g/mol. The maximum atomic E-state index is 11.7. The Morgan fingerprint density at radius 2 is 2.06 bits per heavy atom. The minimum absolute atomic E-state index is 0.0691. The molecule has 2 fully saturated rings. The van der Waals surface area contributed by atoms with E-state index in [1.807, 2.05) is 11.8 Å². The number of rotatable bonds is 5. The number of carbonyl (C=O) groups excluding carboxylic acids is 2. The molecule has 0 spiro atoms. The number of esters is 1. The van der Waals surface area contributed by atoms with Crippen molar-refractivity contribution < 1.29 is 14.3 Å². The van der Waals surface area contributed by atoms with Crippen LogP contribution in [0.5, 0.6) is 0 Å². The van der Waals surface area contributed by atoms with Crippen molar-refractivity contribution in [2.24, 2.45) is 17.8 Å². The van der Waals surface area contributed by atoms with Crippen LogP contribution in [0.4, 0.5) is 0 Å². The zero-order chi connectivity index (χ0) is 13.1. The number of ether oxygens (including phenoxy) is 1. The Morgan fingerprint density at radius 1 is 1.33 bits per heavy atom. The molecule has 1 heterocycles. The molecule has 0 bridgehead atoms. The largest absolute Gasteiger partial charge is 0.469 e. The molecule has 0 aromatic heterocycles. The van der Waals surface area contributed by atoms with Gasteiger partial charge in [0, 0.05) is 19.6 Å². The van der Waals surface area contributed by atoms with Crippen molar-refractivity contribution in [3.8, 4) is 0 Å². The molecule has 1 saturated carbocycles. The Balaban J connectivity index is 1.73. The summed E-state index contributed by atoms with van der Waals surface area (Å²) in [5.74, 6) is 0.775. The van der Waals surface area contributed by atoms with E-state index in [9.17, 15) is 9.59 Å². The molecule has 2 rings (SSSR count). The highest BCUT2D eigenvalue weighted by atomic mass is 16.5. The van der Waals surface area contributed by atoms with E-state index >= 15 is 0 Å². The zero-order valence-corrected chi connectivity index (χ0v) is 11.1. The van der Waals surface area contributed by atoms with Gasteiger partial charge in [0.25, 0.3) is 0 Å². The number of methoxy groups -OCH3 is 1. The molecule has 2 unspecified atom stereocenters. The summed E-state index contributed by atoms with van der Waals surface area (Å²) in [5.41, 5.74) is 0. The molecule has 2 atom stereocenters. The second-order valence-electron chi connectivity index (χ2n) is 5.55. The van der Waals surface area contributed by atoms with E-state index in [0.29, 0.717) is 19.0 Å². The van der Waals surface area contributed by atoms with E-state index in [1.54, 1.807) is 0 Å². The van der Waals surface area contributed by atoms with Crippen molar-refractivity contribution in [2.45, 2.75) is 19.8 Å². The minimum Gasteiger partial charge on any atom is -0.469 e. The molecule has 0 aromatic rings. The third-order valence-corrected chi connectivity index (χ3v) is 3.84. The molecule has 0 aromatic carbocycles. The van der Waals surface area contributed by atoms with Gasteiger partial charge in [-0.15, -0.1) is 0 Å². The number of likely N-dealkylation sites (tertiary alicyclic amines) is 1. The van der Waals surface area contributed by atoms with Crippen molar-refractivity contribution in [1.82, 2.24) is 10.2 Å². The Bertz CT molecular complexity index is 328. The molecule has 0 radical (unpaired) electrons. The highest BCUT2D eigenvalue weighted by Crippen LogP contribution is 2.27. The van der Waals surface area contributed by atoms with Crippen LogP contribution in [-0.4, -0.2) is 50.1 Å². The van der Waals surface area contributed by atoms with Crippen LogP contribution >= 0.6 is 0 Å². The van der Waals surface area contributed by atoms with Gasteiger partial charge in [-0.25, -0.2) is 0 Å². The molecule has 1 aliphatic heterocycles. The van der Waals surface area contributed by atoms with Gasteiger partial charge in [-0.1, -0.05) is 6.92 Å². The summed E-state index contributed by atoms with van der Waals surface area (Å²) in [4.78, 5) is 25.3. The van der Waals surface area contributed by atoms with Crippen molar-refractivity contribution in [1.29, 1.82) is 0 Å². The van der Waals surface area contributed by atoms with Crippen LogP contribution in [0.3, 0.4) is 0 Å². The maximum absolute atomic E-state index is 11.7. The summed E-state index contributed by atoms with van der Waals surface area (Å²) < 4.78 is 4.78. The molecule has 1 N–H and O–H groups in total. The van der Waals surface area contributed by atoms with Crippen LogP contribution in [0.15, 0.2) is 0 Å². The standard InChI is InChI=1S/C13H22N2O3/c1-9-6-15(7-11(9)13(17)18-2)8-12(16)14-5-10-3-4-10/h9-11H,3-8H2,1-2H3,(H,14,16). The van der Waals surface area contributed by atoms with Gasteiger partial charge in [-0.05, 0) is 24.7 Å². The summed E-state index contributed by atoms with van der Waals surface area (Å²) in [6.45, 7) is 4.65. The predicted octanol–water partition coefficient (Wildman–Crippen LogP) is 0.254.